The topological polar surface area (TPSA) is 110 Å². The van der Waals surface area contributed by atoms with Gasteiger partial charge >= 0.3 is 11.4 Å². The van der Waals surface area contributed by atoms with E-state index in [0.29, 0.717) is 9.35 Å². The molecule has 0 spiro atoms. The minimum absolute atomic E-state index is 0.568. The number of aromatic nitrogens is 4. The molecule has 0 unspecified atom stereocenters. The van der Waals surface area contributed by atoms with Crippen molar-refractivity contribution in [3.05, 3.63) is 66.2 Å². The van der Waals surface area contributed by atoms with Gasteiger partial charge in [-0.3, -0.25) is 14.6 Å². The molecule has 2 aromatic rings. The van der Waals surface area contributed by atoms with E-state index in [2.05, 4.69) is 4.98 Å². The number of H-pyrrole nitrogens is 2. The second-order valence-corrected chi connectivity index (χ2v) is 2.89. The Hall–Kier alpha value is -2.64. The zero-order valence-corrected chi connectivity index (χ0v) is 7.84. The van der Waals surface area contributed by atoms with Crippen LogP contribution < -0.4 is 22.5 Å². The second-order valence-electron chi connectivity index (χ2n) is 2.89. The highest BCUT2D eigenvalue weighted by molar-refractivity contribution is 4.88. The lowest BCUT2D eigenvalue weighted by Gasteiger charge is -2.04. The summed E-state index contributed by atoms with van der Waals surface area (Å²) in [5.74, 6) is 0. The molecule has 8 nitrogen and oxygen atoms in total. The maximum absolute atomic E-state index is 11.4. The molecule has 82 valence electrons. The molecule has 0 bridgehead atoms. The first-order valence-electron chi connectivity index (χ1n) is 4.23. The quantitative estimate of drug-likeness (QED) is 0.565. The van der Waals surface area contributed by atoms with Crippen molar-refractivity contribution < 1.29 is 0 Å². The summed E-state index contributed by atoms with van der Waals surface area (Å²) in [6.45, 7) is 0. The third kappa shape index (κ3) is 1.52. The second kappa shape index (κ2) is 3.50. The van der Waals surface area contributed by atoms with E-state index in [4.69, 9.17) is 0 Å². The zero-order chi connectivity index (χ0) is 11.7. The van der Waals surface area contributed by atoms with E-state index in [1.807, 2.05) is 4.98 Å². The Bertz CT molecular complexity index is 719. The van der Waals surface area contributed by atoms with Crippen LogP contribution in [-0.4, -0.2) is 19.3 Å². The molecular formula is C8H6N4O4. The number of nitrogens with one attached hydrogen (secondary N) is 2. The van der Waals surface area contributed by atoms with E-state index in [-0.39, 0.29) is 0 Å². The third-order valence-corrected chi connectivity index (χ3v) is 1.85. The maximum atomic E-state index is 11.4. The van der Waals surface area contributed by atoms with Gasteiger partial charge in [0.25, 0.3) is 11.1 Å². The summed E-state index contributed by atoms with van der Waals surface area (Å²) in [4.78, 5) is 49.0. The van der Waals surface area contributed by atoms with Crippen molar-refractivity contribution in [3.8, 4) is 0 Å². The number of nitrogens with zero attached hydrogens (tertiary/aromatic N) is 2. The van der Waals surface area contributed by atoms with Gasteiger partial charge in [-0.05, 0) is 0 Å². The Balaban J connectivity index is 2.89. The fourth-order valence-electron chi connectivity index (χ4n) is 1.19. The monoisotopic (exact) mass is 222 g/mol. The van der Waals surface area contributed by atoms with E-state index in [0.717, 1.165) is 24.5 Å². The van der Waals surface area contributed by atoms with Crippen LogP contribution in [0.3, 0.4) is 0 Å². The lowest BCUT2D eigenvalue weighted by molar-refractivity contribution is 0.550. The minimum Gasteiger partial charge on any atom is -0.312 e. The van der Waals surface area contributed by atoms with Crippen molar-refractivity contribution in [1.82, 2.24) is 19.3 Å². The van der Waals surface area contributed by atoms with Crippen molar-refractivity contribution in [3.63, 3.8) is 0 Å². The van der Waals surface area contributed by atoms with Gasteiger partial charge in [0.1, 0.15) is 0 Å². The first kappa shape index (κ1) is 9.90. The molecular weight excluding hydrogens is 216 g/mol. The summed E-state index contributed by atoms with van der Waals surface area (Å²) in [6.07, 6.45) is 2.20. The highest BCUT2D eigenvalue weighted by Crippen LogP contribution is 1.72. The standard InChI is InChI=1S/C8H6N4O4/c13-5-2-4-11(8(16)10-5)12-6(14)1-3-9-7(12)15/h1-4H,(H,9,15)(H,10,13,16). The van der Waals surface area contributed by atoms with Crippen LogP contribution in [0.5, 0.6) is 0 Å². The van der Waals surface area contributed by atoms with Crippen molar-refractivity contribution in [2.45, 2.75) is 0 Å². The number of hydrogen-bond donors (Lipinski definition) is 2. The van der Waals surface area contributed by atoms with Crippen LogP contribution in [-0.2, 0) is 0 Å². The molecule has 0 fully saturated rings. The highest BCUT2D eigenvalue weighted by Gasteiger charge is 2.04. The predicted molar refractivity (Wildman–Crippen MR) is 53.4 cm³/mol. The van der Waals surface area contributed by atoms with E-state index in [9.17, 15) is 19.2 Å². The number of hydrogen-bond acceptors (Lipinski definition) is 4. The summed E-state index contributed by atoms with van der Waals surface area (Å²) >= 11 is 0. The predicted octanol–water partition coefficient (Wildman–Crippen LogP) is -2.30. The van der Waals surface area contributed by atoms with Gasteiger partial charge in [0.2, 0.25) is 0 Å². The highest BCUT2D eigenvalue weighted by atomic mass is 16.2. The van der Waals surface area contributed by atoms with Crippen LogP contribution in [0, 0.1) is 0 Å². The van der Waals surface area contributed by atoms with E-state index in [1.165, 1.54) is 0 Å². The fraction of sp³-hybridized carbons (Fsp3) is 0. The summed E-state index contributed by atoms with van der Waals surface area (Å²) in [6, 6.07) is 2.11. The van der Waals surface area contributed by atoms with Crippen molar-refractivity contribution in [2.75, 3.05) is 0 Å². The van der Waals surface area contributed by atoms with Gasteiger partial charge in [-0.25, -0.2) is 9.59 Å². The van der Waals surface area contributed by atoms with Crippen LogP contribution in [0.2, 0.25) is 0 Å². The number of aromatic amines is 2. The van der Waals surface area contributed by atoms with Gasteiger partial charge < -0.3 is 4.98 Å². The minimum atomic E-state index is -0.869. The molecule has 2 rings (SSSR count). The lowest BCUT2D eigenvalue weighted by Crippen LogP contribution is -2.45. The Morgan fingerprint density at radius 2 is 1.75 bits per heavy atom. The average molecular weight is 222 g/mol. The molecule has 0 saturated carbocycles. The van der Waals surface area contributed by atoms with Gasteiger partial charge in [-0.1, -0.05) is 0 Å². The van der Waals surface area contributed by atoms with Crippen LogP contribution in [0.1, 0.15) is 0 Å². The van der Waals surface area contributed by atoms with Crippen LogP contribution in [0.4, 0.5) is 0 Å². The van der Waals surface area contributed by atoms with E-state index < -0.39 is 22.5 Å². The van der Waals surface area contributed by atoms with Crippen LogP contribution >= 0.6 is 0 Å². The van der Waals surface area contributed by atoms with E-state index in [1.54, 1.807) is 0 Å². The summed E-state index contributed by atoms with van der Waals surface area (Å²) in [5, 5.41) is 0. The van der Waals surface area contributed by atoms with Gasteiger partial charge in [0, 0.05) is 24.5 Å². The van der Waals surface area contributed by atoms with Crippen LogP contribution in [0.15, 0.2) is 43.7 Å². The molecule has 0 amide bonds. The molecule has 0 aromatic carbocycles. The Labute approximate surface area is 86.4 Å². The molecule has 2 N–H and O–H groups in total. The molecule has 0 radical (unpaired) electrons. The molecule has 0 aliphatic heterocycles. The first-order chi connectivity index (χ1) is 7.59. The molecule has 0 aliphatic rings. The SMILES string of the molecule is O=c1ccn(-n2c(=O)cc[nH]c2=O)c(=O)[nH]1. The lowest BCUT2D eigenvalue weighted by atomic mass is 10.6. The molecule has 16 heavy (non-hydrogen) atoms. The van der Waals surface area contributed by atoms with Gasteiger partial charge in [-0.15, -0.1) is 0 Å². The van der Waals surface area contributed by atoms with Gasteiger partial charge in [0.15, 0.2) is 0 Å². The summed E-state index contributed by atoms with van der Waals surface area (Å²) in [5.41, 5.74) is -2.94. The normalized spacial score (nSPS) is 10.2. The molecule has 0 aliphatic carbocycles. The fourth-order valence-corrected chi connectivity index (χ4v) is 1.19. The largest absolute Gasteiger partial charge is 0.348 e. The third-order valence-electron chi connectivity index (χ3n) is 1.85. The average Bonchev–Trinajstić information content (AvgIpc) is 2.20. The Morgan fingerprint density at radius 1 is 1.00 bits per heavy atom. The maximum Gasteiger partial charge on any atom is 0.348 e. The Morgan fingerprint density at radius 3 is 2.38 bits per heavy atom. The van der Waals surface area contributed by atoms with Crippen molar-refractivity contribution >= 4 is 0 Å². The van der Waals surface area contributed by atoms with E-state index >= 15 is 0 Å². The van der Waals surface area contributed by atoms with Crippen molar-refractivity contribution in [2.24, 2.45) is 0 Å². The zero-order valence-electron chi connectivity index (χ0n) is 7.84. The smallest absolute Gasteiger partial charge is 0.312 e. The van der Waals surface area contributed by atoms with Gasteiger partial charge in [-0.2, -0.15) is 9.35 Å². The van der Waals surface area contributed by atoms with Crippen LogP contribution in [0.25, 0.3) is 0 Å². The van der Waals surface area contributed by atoms with Gasteiger partial charge in [0.05, 0.1) is 0 Å². The molecule has 0 saturated heterocycles. The molecule has 8 heteroatoms. The molecule has 0 atom stereocenters. The summed E-state index contributed by atoms with van der Waals surface area (Å²) in [7, 11) is 0. The van der Waals surface area contributed by atoms with Crippen molar-refractivity contribution in [1.29, 1.82) is 0 Å². The first-order valence-corrected chi connectivity index (χ1v) is 4.23. The Kier molecular flexibility index (Phi) is 2.16. The number of rotatable bonds is 1. The summed E-state index contributed by atoms with van der Waals surface area (Å²) < 4.78 is 1.28. The molecule has 2 heterocycles. The molecule has 2 aromatic heterocycles.